The standard InChI is InChI=1S/C19H18N4O2/c1-13-10-20-19(23-18(13)22-15-5-3-2-4-6-15)21-11-14-7-8-16-17(9-14)25-12-24-16/h2-10H,11-12H2,1H3,(H2,20,21,22,23). The minimum atomic E-state index is 0.280. The molecule has 25 heavy (non-hydrogen) atoms. The molecule has 1 aliphatic rings. The highest BCUT2D eigenvalue weighted by Crippen LogP contribution is 2.32. The lowest BCUT2D eigenvalue weighted by atomic mass is 10.2. The summed E-state index contributed by atoms with van der Waals surface area (Å²) >= 11 is 0. The van der Waals surface area contributed by atoms with E-state index in [1.165, 1.54) is 0 Å². The molecule has 4 rings (SSSR count). The van der Waals surface area contributed by atoms with E-state index in [1.807, 2.05) is 55.5 Å². The second kappa shape index (κ2) is 6.68. The lowest BCUT2D eigenvalue weighted by molar-refractivity contribution is 0.174. The third-order valence-electron chi connectivity index (χ3n) is 3.90. The molecule has 3 aromatic rings. The Balaban J connectivity index is 1.46. The van der Waals surface area contributed by atoms with E-state index in [-0.39, 0.29) is 6.79 Å². The molecular weight excluding hydrogens is 316 g/mol. The Kier molecular flexibility index (Phi) is 4.08. The maximum atomic E-state index is 5.40. The van der Waals surface area contributed by atoms with Crippen molar-refractivity contribution in [1.29, 1.82) is 0 Å². The third kappa shape index (κ3) is 3.47. The minimum Gasteiger partial charge on any atom is -0.454 e. The fraction of sp³-hybridized carbons (Fsp3) is 0.158. The molecule has 0 amide bonds. The van der Waals surface area contributed by atoms with E-state index < -0.39 is 0 Å². The van der Waals surface area contributed by atoms with Gasteiger partial charge in [-0.25, -0.2) is 4.98 Å². The monoisotopic (exact) mass is 334 g/mol. The third-order valence-corrected chi connectivity index (χ3v) is 3.90. The Bertz CT molecular complexity index is 884. The summed E-state index contributed by atoms with van der Waals surface area (Å²) in [5.41, 5.74) is 3.05. The van der Waals surface area contributed by atoms with Crippen LogP contribution in [0.4, 0.5) is 17.5 Å². The Morgan fingerprint density at radius 1 is 1.04 bits per heavy atom. The summed E-state index contributed by atoms with van der Waals surface area (Å²) in [6, 6.07) is 15.8. The smallest absolute Gasteiger partial charge is 0.231 e. The van der Waals surface area contributed by atoms with Crippen LogP contribution in [0.25, 0.3) is 0 Å². The molecule has 2 heterocycles. The van der Waals surface area contributed by atoms with Crippen LogP contribution in [-0.2, 0) is 6.54 Å². The van der Waals surface area contributed by atoms with Gasteiger partial charge in [0, 0.05) is 24.0 Å². The van der Waals surface area contributed by atoms with Crippen molar-refractivity contribution >= 4 is 17.5 Å². The molecule has 6 nitrogen and oxygen atoms in total. The van der Waals surface area contributed by atoms with Gasteiger partial charge in [0.1, 0.15) is 5.82 Å². The average Bonchev–Trinajstić information content (AvgIpc) is 3.11. The lowest BCUT2D eigenvalue weighted by Crippen LogP contribution is -2.06. The maximum absolute atomic E-state index is 5.40. The zero-order chi connectivity index (χ0) is 17.1. The normalized spacial score (nSPS) is 12.0. The highest BCUT2D eigenvalue weighted by Gasteiger charge is 2.13. The number of anilines is 3. The van der Waals surface area contributed by atoms with E-state index in [1.54, 1.807) is 6.20 Å². The molecule has 0 atom stereocenters. The summed E-state index contributed by atoms with van der Waals surface area (Å²) < 4.78 is 10.7. The Morgan fingerprint density at radius 2 is 1.88 bits per heavy atom. The predicted molar refractivity (Wildman–Crippen MR) is 96.4 cm³/mol. The molecule has 0 bridgehead atoms. The van der Waals surface area contributed by atoms with Gasteiger partial charge in [0.25, 0.3) is 0 Å². The van der Waals surface area contributed by atoms with Crippen molar-refractivity contribution in [3.05, 3.63) is 65.9 Å². The summed E-state index contributed by atoms with van der Waals surface area (Å²) in [5, 5.41) is 6.56. The number of ether oxygens (including phenoxy) is 2. The van der Waals surface area contributed by atoms with Gasteiger partial charge in [0.15, 0.2) is 11.5 Å². The molecule has 0 aliphatic carbocycles. The number of fused-ring (bicyclic) bond motifs is 1. The number of rotatable bonds is 5. The van der Waals surface area contributed by atoms with Gasteiger partial charge in [0.2, 0.25) is 12.7 Å². The highest BCUT2D eigenvalue weighted by atomic mass is 16.7. The van der Waals surface area contributed by atoms with Gasteiger partial charge < -0.3 is 20.1 Å². The topological polar surface area (TPSA) is 68.3 Å². The first-order valence-corrected chi connectivity index (χ1v) is 8.06. The van der Waals surface area contributed by atoms with Crippen molar-refractivity contribution < 1.29 is 9.47 Å². The van der Waals surface area contributed by atoms with Gasteiger partial charge in [-0.1, -0.05) is 24.3 Å². The number of hydrogen-bond acceptors (Lipinski definition) is 6. The van der Waals surface area contributed by atoms with Crippen molar-refractivity contribution in [3.8, 4) is 11.5 Å². The highest BCUT2D eigenvalue weighted by molar-refractivity contribution is 5.59. The van der Waals surface area contributed by atoms with E-state index in [4.69, 9.17) is 9.47 Å². The quantitative estimate of drug-likeness (QED) is 0.738. The van der Waals surface area contributed by atoms with E-state index in [9.17, 15) is 0 Å². The first-order valence-electron chi connectivity index (χ1n) is 8.06. The largest absolute Gasteiger partial charge is 0.454 e. The van der Waals surface area contributed by atoms with Gasteiger partial charge in [-0.3, -0.25) is 0 Å². The Hall–Kier alpha value is -3.28. The van der Waals surface area contributed by atoms with Gasteiger partial charge in [0.05, 0.1) is 0 Å². The second-order valence-corrected chi connectivity index (χ2v) is 5.76. The fourth-order valence-corrected chi connectivity index (χ4v) is 2.54. The van der Waals surface area contributed by atoms with Crippen LogP contribution in [0.1, 0.15) is 11.1 Å². The molecule has 2 aromatic carbocycles. The van der Waals surface area contributed by atoms with Crippen LogP contribution in [0.15, 0.2) is 54.7 Å². The fourth-order valence-electron chi connectivity index (χ4n) is 2.54. The molecule has 0 saturated carbocycles. The molecule has 0 unspecified atom stereocenters. The lowest BCUT2D eigenvalue weighted by Gasteiger charge is -2.11. The van der Waals surface area contributed by atoms with Gasteiger partial charge >= 0.3 is 0 Å². The number of para-hydroxylation sites is 1. The number of nitrogens with one attached hydrogen (secondary N) is 2. The molecule has 0 fully saturated rings. The van der Waals surface area contributed by atoms with E-state index >= 15 is 0 Å². The number of benzene rings is 2. The summed E-state index contributed by atoms with van der Waals surface area (Å²) in [5.74, 6) is 2.91. The van der Waals surface area contributed by atoms with E-state index in [0.29, 0.717) is 12.5 Å². The van der Waals surface area contributed by atoms with Crippen LogP contribution in [0.3, 0.4) is 0 Å². The summed E-state index contributed by atoms with van der Waals surface area (Å²) in [7, 11) is 0. The Morgan fingerprint density at radius 3 is 2.76 bits per heavy atom. The molecule has 1 aliphatic heterocycles. The molecule has 6 heteroatoms. The van der Waals surface area contributed by atoms with Crippen LogP contribution in [0.2, 0.25) is 0 Å². The molecule has 0 radical (unpaired) electrons. The van der Waals surface area contributed by atoms with E-state index in [2.05, 4.69) is 20.6 Å². The van der Waals surface area contributed by atoms with Gasteiger partial charge in [-0.2, -0.15) is 4.98 Å². The maximum Gasteiger partial charge on any atom is 0.231 e. The minimum absolute atomic E-state index is 0.280. The Labute approximate surface area is 145 Å². The van der Waals surface area contributed by atoms with Crippen molar-refractivity contribution in [2.24, 2.45) is 0 Å². The van der Waals surface area contributed by atoms with Crippen molar-refractivity contribution in [2.75, 3.05) is 17.4 Å². The van der Waals surface area contributed by atoms with Crippen molar-refractivity contribution in [2.45, 2.75) is 13.5 Å². The molecule has 0 spiro atoms. The number of aromatic nitrogens is 2. The molecular formula is C19H18N4O2. The predicted octanol–water partition coefficient (Wildman–Crippen LogP) is 3.87. The van der Waals surface area contributed by atoms with Crippen LogP contribution < -0.4 is 20.1 Å². The van der Waals surface area contributed by atoms with Crippen molar-refractivity contribution in [3.63, 3.8) is 0 Å². The second-order valence-electron chi connectivity index (χ2n) is 5.76. The number of aryl methyl sites for hydroxylation is 1. The summed E-state index contributed by atoms with van der Waals surface area (Å²) in [4.78, 5) is 8.92. The zero-order valence-electron chi connectivity index (χ0n) is 13.8. The van der Waals surface area contributed by atoms with Crippen LogP contribution in [0, 0.1) is 6.92 Å². The molecule has 2 N–H and O–H groups in total. The van der Waals surface area contributed by atoms with Crippen LogP contribution >= 0.6 is 0 Å². The SMILES string of the molecule is Cc1cnc(NCc2ccc3c(c2)OCO3)nc1Nc1ccccc1. The molecule has 0 saturated heterocycles. The molecule has 1 aromatic heterocycles. The molecule has 126 valence electrons. The zero-order valence-corrected chi connectivity index (χ0v) is 13.8. The summed E-state index contributed by atoms with van der Waals surface area (Å²) in [6.07, 6.45) is 1.81. The van der Waals surface area contributed by atoms with Crippen molar-refractivity contribution in [1.82, 2.24) is 9.97 Å². The number of hydrogen-bond donors (Lipinski definition) is 2. The van der Waals surface area contributed by atoms with Crippen LogP contribution in [0.5, 0.6) is 11.5 Å². The average molecular weight is 334 g/mol. The van der Waals surface area contributed by atoms with E-state index in [0.717, 1.165) is 34.1 Å². The first-order chi connectivity index (χ1) is 12.3. The number of nitrogens with zero attached hydrogens (tertiary/aromatic N) is 2. The first kappa shape index (κ1) is 15.3. The van der Waals surface area contributed by atoms with Gasteiger partial charge in [-0.05, 0) is 36.8 Å². The van der Waals surface area contributed by atoms with Crippen LogP contribution in [-0.4, -0.2) is 16.8 Å². The van der Waals surface area contributed by atoms with Gasteiger partial charge in [-0.15, -0.1) is 0 Å². The summed E-state index contributed by atoms with van der Waals surface area (Å²) in [6.45, 7) is 2.86.